The fraction of sp³-hybridized carbons (Fsp3) is 0.600. The molecule has 2 rings (SSSR count). The molecule has 4 N–H and O–H groups in total. The van der Waals surface area contributed by atoms with Crippen LogP contribution < -0.4 is 16.6 Å². The van der Waals surface area contributed by atoms with Crippen LogP contribution >= 0.6 is 11.3 Å². The number of hydrazine groups is 1. The summed E-state index contributed by atoms with van der Waals surface area (Å²) in [6, 6.07) is -0.00335. The van der Waals surface area contributed by atoms with Crippen LogP contribution in [0.2, 0.25) is 0 Å². The van der Waals surface area contributed by atoms with Crippen molar-refractivity contribution in [3.63, 3.8) is 0 Å². The van der Waals surface area contributed by atoms with Gasteiger partial charge < -0.3 is 5.32 Å². The smallest absolute Gasteiger partial charge is 0.237 e. The van der Waals surface area contributed by atoms with Crippen LogP contribution in [0.25, 0.3) is 0 Å². The van der Waals surface area contributed by atoms with E-state index >= 15 is 0 Å². The first-order valence-electron chi connectivity index (χ1n) is 5.61. The maximum Gasteiger partial charge on any atom is 0.237 e. The molecule has 1 amide bonds. The third kappa shape index (κ3) is 2.74. The van der Waals surface area contributed by atoms with Crippen LogP contribution in [0.4, 0.5) is 5.13 Å². The van der Waals surface area contributed by atoms with E-state index in [4.69, 9.17) is 5.84 Å². The molecule has 1 saturated heterocycles. The van der Waals surface area contributed by atoms with Crippen molar-refractivity contribution in [1.29, 1.82) is 0 Å². The molecular formula is C10H17N5OS. The number of nitrogens with zero attached hydrogens (tertiary/aromatic N) is 2. The number of carbonyl (C=O) groups excluding carboxylic acids is 1. The van der Waals surface area contributed by atoms with Crippen molar-refractivity contribution in [2.24, 2.45) is 5.84 Å². The van der Waals surface area contributed by atoms with E-state index in [2.05, 4.69) is 20.6 Å². The second-order valence-electron chi connectivity index (χ2n) is 4.02. The van der Waals surface area contributed by atoms with Gasteiger partial charge in [-0.15, -0.1) is 0 Å². The summed E-state index contributed by atoms with van der Waals surface area (Å²) >= 11 is 1.52. The highest BCUT2D eigenvalue weighted by Gasteiger charge is 2.30. The molecule has 17 heavy (non-hydrogen) atoms. The molecule has 0 bridgehead atoms. The summed E-state index contributed by atoms with van der Waals surface area (Å²) in [6.07, 6.45) is 3.80. The van der Waals surface area contributed by atoms with E-state index < -0.39 is 0 Å². The summed E-state index contributed by atoms with van der Waals surface area (Å²) in [4.78, 5) is 19.1. The first-order valence-corrected chi connectivity index (χ1v) is 6.43. The number of aromatic nitrogens is 1. The summed E-state index contributed by atoms with van der Waals surface area (Å²) in [7, 11) is 1.68. The van der Waals surface area contributed by atoms with E-state index in [1.165, 1.54) is 11.3 Å². The van der Waals surface area contributed by atoms with Crippen molar-refractivity contribution in [2.45, 2.75) is 25.4 Å². The molecule has 7 heteroatoms. The molecule has 1 atom stereocenters. The number of nitrogens with one attached hydrogen (secondary N) is 2. The third-order valence-electron chi connectivity index (χ3n) is 2.95. The highest BCUT2D eigenvalue weighted by Crippen LogP contribution is 2.24. The van der Waals surface area contributed by atoms with E-state index in [0.29, 0.717) is 5.13 Å². The van der Waals surface area contributed by atoms with Gasteiger partial charge in [-0.05, 0) is 19.4 Å². The van der Waals surface area contributed by atoms with E-state index in [0.717, 1.165) is 30.8 Å². The fourth-order valence-electron chi connectivity index (χ4n) is 2.13. The van der Waals surface area contributed by atoms with Crippen LogP contribution in [0, 0.1) is 0 Å². The summed E-state index contributed by atoms with van der Waals surface area (Å²) in [6.45, 7) is 1.72. The quantitative estimate of drug-likeness (QED) is 0.526. The van der Waals surface area contributed by atoms with Crippen molar-refractivity contribution in [3.05, 3.63) is 11.1 Å². The van der Waals surface area contributed by atoms with Gasteiger partial charge in [0.25, 0.3) is 0 Å². The van der Waals surface area contributed by atoms with Gasteiger partial charge in [0, 0.05) is 24.7 Å². The molecule has 0 saturated carbocycles. The topological polar surface area (TPSA) is 83.3 Å². The van der Waals surface area contributed by atoms with Crippen LogP contribution in [0.1, 0.15) is 17.7 Å². The standard InChI is InChI=1S/C10H17N5OS/c1-12-9(16)8-3-2-4-15(8)6-7-5-13-10(14-11)17-7/h5,8H,2-4,6,11H2,1H3,(H,12,16)(H,13,14). The van der Waals surface area contributed by atoms with Crippen molar-refractivity contribution in [2.75, 3.05) is 19.0 Å². The lowest BCUT2D eigenvalue weighted by Crippen LogP contribution is -2.41. The zero-order valence-corrected chi connectivity index (χ0v) is 10.6. The molecule has 1 aromatic heterocycles. The molecule has 1 aliphatic rings. The summed E-state index contributed by atoms with van der Waals surface area (Å²) in [5, 5.41) is 3.42. The van der Waals surface area contributed by atoms with Gasteiger partial charge in [-0.2, -0.15) is 0 Å². The van der Waals surface area contributed by atoms with Crippen molar-refractivity contribution >= 4 is 22.4 Å². The Morgan fingerprint density at radius 1 is 1.76 bits per heavy atom. The van der Waals surface area contributed by atoms with Crippen molar-refractivity contribution < 1.29 is 4.79 Å². The number of anilines is 1. The predicted octanol–water partition coefficient (Wildman–Crippen LogP) is 0.139. The van der Waals surface area contributed by atoms with Crippen molar-refractivity contribution in [3.8, 4) is 0 Å². The second kappa shape index (κ2) is 5.44. The first-order chi connectivity index (χ1) is 8.24. The Hall–Kier alpha value is -1.18. The van der Waals surface area contributed by atoms with Gasteiger partial charge in [0.05, 0.1) is 6.04 Å². The van der Waals surface area contributed by atoms with Crippen LogP contribution in [0.3, 0.4) is 0 Å². The molecule has 2 heterocycles. The van der Waals surface area contributed by atoms with Gasteiger partial charge in [0.2, 0.25) is 5.91 Å². The van der Waals surface area contributed by atoms with Crippen LogP contribution in [-0.4, -0.2) is 35.4 Å². The van der Waals surface area contributed by atoms with E-state index in [-0.39, 0.29) is 11.9 Å². The summed E-state index contributed by atoms with van der Waals surface area (Å²) in [5.41, 5.74) is 2.53. The van der Waals surface area contributed by atoms with E-state index in [1.807, 2.05) is 0 Å². The number of hydrogen-bond acceptors (Lipinski definition) is 6. The number of nitrogens with two attached hydrogens (primary N) is 1. The third-order valence-corrected chi connectivity index (χ3v) is 3.86. The maximum absolute atomic E-state index is 11.7. The zero-order valence-electron chi connectivity index (χ0n) is 9.77. The Labute approximate surface area is 104 Å². The minimum absolute atomic E-state index is 0.00335. The van der Waals surface area contributed by atoms with Crippen LogP contribution in [-0.2, 0) is 11.3 Å². The average Bonchev–Trinajstić information content (AvgIpc) is 2.97. The largest absolute Gasteiger partial charge is 0.358 e. The summed E-state index contributed by atoms with van der Waals surface area (Å²) in [5.74, 6) is 5.39. The number of hydrogen-bond donors (Lipinski definition) is 3. The molecule has 0 aromatic carbocycles. The lowest BCUT2D eigenvalue weighted by Gasteiger charge is -2.21. The lowest BCUT2D eigenvalue weighted by molar-refractivity contribution is -0.125. The molecular weight excluding hydrogens is 238 g/mol. The Balaban J connectivity index is 2.00. The van der Waals surface area contributed by atoms with Gasteiger partial charge in [-0.25, -0.2) is 10.8 Å². The molecule has 0 aliphatic carbocycles. The van der Waals surface area contributed by atoms with E-state index in [9.17, 15) is 4.79 Å². The number of thiazole rings is 1. The molecule has 1 aromatic rings. The fourth-order valence-corrected chi connectivity index (χ4v) is 2.87. The normalized spacial score (nSPS) is 20.5. The molecule has 1 unspecified atom stereocenters. The number of rotatable bonds is 4. The molecule has 1 fully saturated rings. The Bertz CT molecular complexity index is 394. The number of likely N-dealkylation sites (N-methyl/N-ethyl adjacent to an activating group) is 1. The zero-order chi connectivity index (χ0) is 12.3. The Morgan fingerprint density at radius 3 is 3.24 bits per heavy atom. The Kier molecular flexibility index (Phi) is 3.93. The average molecular weight is 255 g/mol. The highest BCUT2D eigenvalue weighted by atomic mass is 32.1. The van der Waals surface area contributed by atoms with Gasteiger partial charge in [0.15, 0.2) is 5.13 Å². The maximum atomic E-state index is 11.7. The Morgan fingerprint density at radius 2 is 2.59 bits per heavy atom. The molecule has 0 radical (unpaired) electrons. The molecule has 94 valence electrons. The predicted molar refractivity (Wildman–Crippen MR) is 67.4 cm³/mol. The van der Waals surface area contributed by atoms with Crippen LogP contribution in [0.5, 0.6) is 0 Å². The first kappa shape index (κ1) is 12.3. The molecule has 1 aliphatic heterocycles. The van der Waals surface area contributed by atoms with E-state index in [1.54, 1.807) is 13.2 Å². The second-order valence-corrected chi connectivity index (χ2v) is 5.13. The lowest BCUT2D eigenvalue weighted by atomic mass is 10.2. The number of nitrogen functional groups attached to an aromatic ring is 1. The molecule has 6 nitrogen and oxygen atoms in total. The van der Waals surface area contributed by atoms with Crippen molar-refractivity contribution in [1.82, 2.24) is 15.2 Å². The van der Waals surface area contributed by atoms with Gasteiger partial charge in [-0.3, -0.25) is 15.1 Å². The van der Waals surface area contributed by atoms with Gasteiger partial charge in [-0.1, -0.05) is 11.3 Å². The number of carbonyl (C=O) groups is 1. The minimum atomic E-state index is -0.00335. The SMILES string of the molecule is CNC(=O)C1CCCN1Cc1cnc(NN)s1. The summed E-state index contributed by atoms with van der Waals surface area (Å²) < 4.78 is 0. The monoisotopic (exact) mass is 255 g/mol. The number of amides is 1. The van der Waals surface area contributed by atoms with Crippen LogP contribution in [0.15, 0.2) is 6.20 Å². The highest BCUT2D eigenvalue weighted by molar-refractivity contribution is 7.15. The number of likely N-dealkylation sites (tertiary alicyclic amines) is 1. The minimum Gasteiger partial charge on any atom is -0.358 e. The van der Waals surface area contributed by atoms with Gasteiger partial charge >= 0.3 is 0 Å². The molecule has 0 spiro atoms. The van der Waals surface area contributed by atoms with Gasteiger partial charge in [0.1, 0.15) is 0 Å².